The molecule has 0 fully saturated rings. The number of carbonyl (C=O) groups is 1. The first-order chi connectivity index (χ1) is 7.50. The lowest BCUT2D eigenvalue weighted by molar-refractivity contribution is 0.00970. The summed E-state index contributed by atoms with van der Waals surface area (Å²) in [6.07, 6.45) is -2.50. The largest absolute Gasteiger partial charge is 0.478 e. The standard InChI is InChI=1S/C10H9BrF2O3/c11-8-3-6(10(14)15)1-2-7(8)4-16-5-9(12)13/h1-3,9H,4-5H2,(H,14,15). The van der Waals surface area contributed by atoms with Gasteiger partial charge >= 0.3 is 5.97 Å². The van der Waals surface area contributed by atoms with E-state index in [0.29, 0.717) is 10.0 Å². The summed E-state index contributed by atoms with van der Waals surface area (Å²) in [6.45, 7) is -0.613. The Labute approximate surface area is 99.2 Å². The molecule has 1 N–H and O–H groups in total. The van der Waals surface area contributed by atoms with Crippen molar-refractivity contribution in [3.63, 3.8) is 0 Å². The third-order valence-corrected chi connectivity index (χ3v) is 2.54. The van der Waals surface area contributed by atoms with Gasteiger partial charge in [-0.2, -0.15) is 0 Å². The van der Waals surface area contributed by atoms with E-state index in [1.165, 1.54) is 18.2 Å². The van der Waals surface area contributed by atoms with Crippen LogP contribution in [0.2, 0.25) is 0 Å². The third kappa shape index (κ3) is 3.86. The van der Waals surface area contributed by atoms with Gasteiger partial charge in [-0.25, -0.2) is 13.6 Å². The van der Waals surface area contributed by atoms with E-state index in [0.717, 1.165) is 0 Å². The van der Waals surface area contributed by atoms with E-state index in [4.69, 9.17) is 9.84 Å². The van der Waals surface area contributed by atoms with Crippen LogP contribution in [0.3, 0.4) is 0 Å². The SMILES string of the molecule is O=C(O)c1ccc(COCC(F)F)c(Br)c1. The fourth-order valence-corrected chi connectivity index (χ4v) is 1.55. The fourth-order valence-electron chi connectivity index (χ4n) is 1.06. The van der Waals surface area contributed by atoms with E-state index < -0.39 is 19.0 Å². The molecule has 0 aliphatic carbocycles. The van der Waals surface area contributed by atoms with Crippen molar-refractivity contribution in [1.82, 2.24) is 0 Å². The summed E-state index contributed by atoms with van der Waals surface area (Å²) in [6, 6.07) is 4.33. The molecule has 88 valence electrons. The number of ether oxygens (including phenoxy) is 1. The lowest BCUT2D eigenvalue weighted by Gasteiger charge is -2.06. The van der Waals surface area contributed by atoms with E-state index in [-0.39, 0.29) is 12.2 Å². The second kappa shape index (κ2) is 5.91. The van der Waals surface area contributed by atoms with Crippen LogP contribution in [0.1, 0.15) is 15.9 Å². The zero-order valence-electron chi connectivity index (χ0n) is 8.12. The van der Waals surface area contributed by atoms with E-state index in [9.17, 15) is 13.6 Å². The molecule has 0 saturated carbocycles. The van der Waals surface area contributed by atoms with Gasteiger partial charge in [-0.15, -0.1) is 0 Å². The molecule has 1 aromatic carbocycles. The molecule has 0 bridgehead atoms. The summed E-state index contributed by atoms with van der Waals surface area (Å²) in [5, 5.41) is 8.70. The highest BCUT2D eigenvalue weighted by Gasteiger charge is 2.08. The zero-order chi connectivity index (χ0) is 12.1. The van der Waals surface area contributed by atoms with Crippen LogP contribution in [-0.2, 0) is 11.3 Å². The molecule has 1 rings (SSSR count). The molecule has 0 aliphatic heterocycles. The maximum absolute atomic E-state index is 11.8. The molecular weight excluding hydrogens is 286 g/mol. The number of rotatable bonds is 5. The second-order valence-electron chi connectivity index (χ2n) is 3.02. The van der Waals surface area contributed by atoms with Crippen molar-refractivity contribution in [3.8, 4) is 0 Å². The van der Waals surface area contributed by atoms with Gasteiger partial charge in [0.05, 0.1) is 12.2 Å². The van der Waals surface area contributed by atoms with Gasteiger partial charge in [-0.3, -0.25) is 0 Å². The van der Waals surface area contributed by atoms with Crippen molar-refractivity contribution in [3.05, 3.63) is 33.8 Å². The van der Waals surface area contributed by atoms with Gasteiger partial charge in [0.15, 0.2) is 0 Å². The molecule has 0 radical (unpaired) electrons. The molecule has 3 nitrogen and oxygen atoms in total. The maximum atomic E-state index is 11.8. The number of hydrogen-bond donors (Lipinski definition) is 1. The fraction of sp³-hybridized carbons (Fsp3) is 0.300. The molecular formula is C10H9BrF2O3. The smallest absolute Gasteiger partial charge is 0.335 e. The van der Waals surface area contributed by atoms with Crippen LogP contribution in [0.15, 0.2) is 22.7 Å². The van der Waals surface area contributed by atoms with Crippen LogP contribution in [0.25, 0.3) is 0 Å². The Morgan fingerprint density at radius 2 is 2.19 bits per heavy atom. The van der Waals surface area contributed by atoms with Gasteiger partial charge in [0, 0.05) is 4.47 Å². The maximum Gasteiger partial charge on any atom is 0.335 e. The number of aromatic carboxylic acids is 1. The van der Waals surface area contributed by atoms with Crippen LogP contribution in [0, 0.1) is 0 Å². The normalized spacial score (nSPS) is 10.8. The van der Waals surface area contributed by atoms with Crippen molar-refractivity contribution in [2.45, 2.75) is 13.0 Å². The minimum absolute atomic E-state index is 0.0187. The molecule has 0 amide bonds. The summed E-state index contributed by atoms with van der Waals surface area (Å²) in [5.74, 6) is -1.04. The summed E-state index contributed by atoms with van der Waals surface area (Å²) >= 11 is 3.15. The van der Waals surface area contributed by atoms with Crippen molar-refractivity contribution < 1.29 is 23.4 Å². The minimum Gasteiger partial charge on any atom is -0.478 e. The van der Waals surface area contributed by atoms with Crippen LogP contribution in [0.5, 0.6) is 0 Å². The molecule has 0 aliphatic rings. The molecule has 0 atom stereocenters. The van der Waals surface area contributed by atoms with Crippen molar-refractivity contribution in [2.24, 2.45) is 0 Å². The lowest BCUT2D eigenvalue weighted by atomic mass is 10.1. The second-order valence-corrected chi connectivity index (χ2v) is 3.87. The van der Waals surface area contributed by atoms with Gasteiger partial charge in [-0.1, -0.05) is 22.0 Å². The summed E-state index contributed by atoms with van der Waals surface area (Å²) in [4.78, 5) is 10.6. The van der Waals surface area contributed by atoms with Gasteiger partial charge in [0.2, 0.25) is 0 Å². The van der Waals surface area contributed by atoms with Gasteiger partial charge in [0.25, 0.3) is 6.43 Å². The number of alkyl halides is 2. The predicted molar refractivity (Wildman–Crippen MR) is 56.8 cm³/mol. The van der Waals surface area contributed by atoms with Crippen molar-refractivity contribution in [1.29, 1.82) is 0 Å². The number of carboxylic acids is 1. The highest BCUT2D eigenvalue weighted by atomic mass is 79.9. The number of carboxylic acid groups (broad SMARTS) is 1. The Kier molecular flexibility index (Phi) is 4.82. The number of halogens is 3. The molecule has 6 heteroatoms. The van der Waals surface area contributed by atoms with Crippen LogP contribution in [-0.4, -0.2) is 24.1 Å². The molecule has 16 heavy (non-hydrogen) atoms. The molecule has 0 heterocycles. The van der Waals surface area contributed by atoms with E-state index in [2.05, 4.69) is 15.9 Å². The average Bonchev–Trinajstić information content (AvgIpc) is 2.19. The molecule has 0 saturated heterocycles. The van der Waals surface area contributed by atoms with Crippen LogP contribution < -0.4 is 0 Å². The van der Waals surface area contributed by atoms with Crippen LogP contribution in [0.4, 0.5) is 8.78 Å². The van der Waals surface area contributed by atoms with E-state index in [1.807, 2.05) is 0 Å². The molecule has 1 aromatic rings. The van der Waals surface area contributed by atoms with Gasteiger partial charge < -0.3 is 9.84 Å². The number of benzene rings is 1. The molecule has 0 unspecified atom stereocenters. The minimum atomic E-state index is -2.50. The first-order valence-electron chi connectivity index (χ1n) is 4.38. The van der Waals surface area contributed by atoms with Crippen molar-refractivity contribution >= 4 is 21.9 Å². The Balaban J connectivity index is 2.64. The Morgan fingerprint density at radius 3 is 2.69 bits per heavy atom. The van der Waals surface area contributed by atoms with E-state index >= 15 is 0 Å². The molecule has 0 spiro atoms. The summed E-state index contributed by atoms with van der Waals surface area (Å²) in [5.41, 5.74) is 0.759. The monoisotopic (exact) mass is 294 g/mol. The quantitative estimate of drug-likeness (QED) is 0.908. The van der Waals surface area contributed by atoms with Gasteiger partial charge in [-0.05, 0) is 17.7 Å². The average molecular weight is 295 g/mol. The zero-order valence-corrected chi connectivity index (χ0v) is 9.71. The summed E-state index contributed by atoms with van der Waals surface area (Å²) in [7, 11) is 0. The van der Waals surface area contributed by atoms with Crippen molar-refractivity contribution in [2.75, 3.05) is 6.61 Å². The first kappa shape index (κ1) is 13.1. The highest BCUT2D eigenvalue weighted by Crippen LogP contribution is 2.19. The topological polar surface area (TPSA) is 46.5 Å². The van der Waals surface area contributed by atoms with E-state index in [1.54, 1.807) is 0 Å². The van der Waals surface area contributed by atoms with Gasteiger partial charge in [0.1, 0.15) is 6.61 Å². The first-order valence-corrected chi connectivity index (χ1v) is 5.17. The lowest BCUT2D eigenvalue weighted by Crippen LogP contribution is -2.05. The Morgan fingerprint density at radius 1 is 1.50 bits per heavy atom. The highest BCUT2D eigenvalue weighted by molar-refractivity contribution is 9.10. The number of hydrogen-bond acceptors (Lipinski definition) is 2. The molecule has 0 aromatic heterocycles. The third-order valence-electron chi connectivity index (χ3n) is 1.80. The summed E-state index contributed by atoms with van der Waals surface area (Å²) < 4.78 is 28.9. The Bertz CT molecular complexity index is 382. The Hall–Kier alpha value is -1.01. The predicted octanol–water partition coefficient (Wildman–Crippen LogP) is 2.93. The van der Waals surface area contributed by atoms with Crippen LogP contribution >= 0.6 is 15.9 Å².